The summed E-state index contributed by atoms with van der Waals surface area (Å²) in [7, 11) is 0. The maximum Gasteiger partial charge on any atom is 0.183 e. The molecule has 0 aliphatic carbocycles. The molecule has 0 saturated heterocycles. The molecular formula is C19H18N2O2S. The van der Waals surface area contributed by atoms with Crippen LogP contribution in [0.5, 0.6) is 11.5 Å². The van der Waals surface area contributed by atoms with Gasteiger partial charge in [0.25, 0.3) is 0 Å². The Morgan fingerprint density at radius 2 is 1.83 bits per heavy atom. The summed E-state index contributed by atoms with van der Waals surface area (Å²) in [4.78, 5) is 4.71. The zero-order chi connectivity index (χ0) is 16.4. The van der Waals surface area contributed by atoms with Gasteiger partial charge in [0, 0.05) is 10.9 Å². The quantitative estimate of drug-likeness (QED) is 0.745. The van der Waals surface area contributed by atoms with E-state index in [0.717, 1.165) is 27.9 Å². The Hall–Kier alpha value is -2.53. The van der Waals surface area contributed by atoms with E-state index in [-0.39, 0.29) is 6.04 Å². The molecule has 2 heterocycles. The van der Waals surface area contributed by atoms with E-state index < -0.39 is 0 Å². The van der Waals surface area contributed by atoms with Gasteiger partial charge in [0.2, 0.25) is 0 Å². The summed E-state index contributed by atoms with van der Waals surface area (Å²) in [5.74, 6) is 1.59. The van der Waals surface area contributed by atoms with Crippen LogP contribution in [0.25, 0.3) is 11.3 Å². The molecule has 122 valence electrons. The van der Waals surface area contributed by atoms with Crippen LogP contribution in [0.4, 0.5) is 5.13 Å². The van der Waals surface area contributed by atoms with E-state index in [1.165, 1.54) is 5.56 Å². The Kier molecular flexibility index (Phi) is 4.09. The molecule has 5 heteroatoms. The molecule has 4 rings (SSSR count). The third kappa shape index (κ3) is 3.08. The van der Waals surface area contributed by atoms with Gasteiger partial charge in [0.1, 0.15) is 13.2 Å². The Bertz CT molecular complexity index is 832. The topological polar surface area (TPSA) is 43.4 Å². The predicted octanol–water partition coefficient (Wildman–Crippen LogP) is 4.75. The predicted molar refractivity (Wildman–Crippen MR) is 97.0 cm³/mol. The van der Waals surface area contributed by atoms with Gasteiger partial charge in [-0.1, -0.05) is 30.3 Å². The third-order valence-electron chi connectivity index (χ3n) is 3.98. The number of nitrogens with one attached hydrogen (secondary N) is 1. The Morgan fingerprint density at radius 1 is 1.04 bits per heavy atom. The molecule has 0 saturated carbocycles. The van der Waals surface area contributed by atoms with Crippen molar-refractivity contribution < 1.29 is 9.47 Å². The van der Waals surface area contributed by atoms with E-state index in [4.69, 9.17) is 14.5 Å². The fourth-order valence-electron chi connectivity index (χ4n) is 2.69. The molecule has 0 spiro atoms. The number of rotatable bonds is 4. The summed E-state index contributed by atoms with van der Waals surface area (Å²) in [5.41, 5.74) is 3.23. The van der Waals surface area contributed by atoms with Crippen LogP contribution in [0, 0.1) is 0 Å². The summed E-state index contributed by atoms with van der Waals surface area (Å²) in [6, 6.07) is 16.5. The van der Waals surface area contributed by atoms with Crippen LogP contribution in [0.15, 0.2) is 53.9 Å². The highest BCUT2D eigenvalue weighted by Crippen LogP contribution is 2.35. The van der Waals surface area contributed by atoms with Crippen LogP contribution < -0.4 is 14.8 Å². The van der Waals surface area contributed by atoms with E-state index in [1.54, 1.807) is 11.3 Å². The van der Waals surface area contributed by atoms with Gasteiger partial charge in [-0.2, -0.15) is 0 Å². The first-order chi connectivity index (χ1) is 11.8. The molecule has 0 amide bonds. The summed E-state index contributed by atoms with van der Waals surface area (Å²) < 4.78 is 11.2. The SMILES string of the molecule is C[C@H](Nc1nc(-c2ccc3c(c2)OCCO3)cs1)c1ccccc1. The van der Waals surface area contributed by atoms with Crippen molar-refractivity contribution in [1.82, 2.24) is 4.98 Å². The number of ether oxygens (including phenoxy) is 2. The van der Waals surface area contributed by atoms with Gasteiger partial charge < -0.3 is 14.8 Å². The molecule has 0 radical (unpaired) electrons. The fourth-order valence-corrected chi connectivity index (χ4v) is 3.49. The van der Waals surface area contributed by atoms with Gasteiger partial charge in [-0.05, 0) is 30.7 Å². The van der Waals surface area contributed by atoms with Crippen LogP contribution in [0.2, 0.25) is 0 Å². The molecule has 1 aromatic heterocycles. The Balaban J connectivity index is 1.52. The number of nitrogens with zero attached hydrogens (tertiary/aromatic N) is 1. The molecule has 0 fully saturated rings. The molecule has 1 N–H and O–H groups in total. The van der Waals surface area contributed by atoms with Crippen molar-refractivity contribution in [3.63, 3.8) is 0 Å². The lowest BCUT2D eigenvalue weighted by Crippen LogP contribution is -2.15. The molecule has 2 aromatic carbocycles. The van der Waals surface area contributed by atoms with Crippen molar-refractivity contribution in [3.8, 4) is 22.8 Å². The molecule has 0 unspecified atom stereocenters. The van der Waals surface area contributed by atoms with Crippen molar-refractivity contribution in [1.29, 1.82) is 0 Å². The van der Waals surface area contributed by atoms with E-state index in [2.05, 4.69) is 41.9 Å². The van der Waals surface area contributed by atoms with Crippen molar-refractivity contribution in [2.24, 2.45) is 0 Å². The summed E-state index contributed by atoms with van der Waals surface area (Å²) >= 11 is 1.61. The number of thiazole rings is 1. The fraction of sp³-hybridized carbons (Fsp3) is 0.211. The van der Waals surface area contributed by atoms with E-state index in [0.29, 0.717) is 13.2 Å². The third-order valence-corrected chi connectivity index (χ3v) is 4.76. The first-order valence-corrected chi connectivity index (χ1v) is 8.84. The minimum absolute atomic E-state index is 0.213. The molecule has 1 atom stereocenters. The lowest BCUT2D eigenvalue weighted by molar-refractivity contribution is 0.171. The van der Waals surface area contributed by atoms with Crippen LogP contribution >= 0.6 is 11.3 Å². The molecule has 4 nitrogen and oxygen atoms in total. The zero-order valence-electron chi connectivity index (χ0n) is 13.4. The van der Waals surface area contributed by atoms with E-state index >= 15 is 0 Å². The average Bonchev–Trinajstić information content (AvgIpc) is 3.10. The van der Waals surface area contributed by atoms with Gasteiger partial charge in [0.15, 0.2) is 16.6 Å². The smallest absolute Gasteiger partial charge is 0.183 e. The van der Waals surface area contributed by atoms with Crippen LogP contribution in [-0.2, 0) is 0 Å². The van der Waals surface area contributed by atoms with Gasteiger partial charge in [-0.3, -0.25) is 0 Å². The number of aromatic nitrogens is 1. The number of hydrogen-bond donors (Lipinski definition) is 1. The molecule has 24 heavy (non-hydrogen) atoms. The largest absolute Gasteiger partial charge is 0.486 e. The standard InChI is InChI=1S/C19H18N2O2S/c1-13(14-5-3-2-4-6-14)20-19-21-16(12-24-19)15-7-8-17-18(11-15)23-10-9-22-17/h2-8,11-13H,9-10H2,1H3,(H,20,21)/t13-/m0/s1. The lowest BCUT2D eigenvalue weighted by Gasteiger charge is -2.18. The van der Waals surface area contributed by atoms with Gasteiger partial charge in [-0.15, -0.1) is 11.3 Å². The Morgan fingerprint density at radius 3 is 2.67 bits per heavy atom. The summed E-state index contributed by atoms with van der Waals surface area (Å²) in [6.07, 6.45) is 0. The van der Waals surface area contributed by atoms with Crippen LogP contribution in [0.1, 0.15) is 18.5 Å². The molecule has 1 aliphatic rings. The number of anilines is 1. The second-order valence-corrected chi connectivity index (χ2v) is 6.53. The second kappa shape index (κ2) is 6.53. The van der Waals surface area contributed by atoms with Gasteiger partial charge >= 0.3 is 0 Å². The molecular weight excluding hydrogens is 320 g/mol. The highest BCUT2D eigenvalue weighted by molar-refractivity contribution is 7.14. The van der Waals surface area contributed by atoms with Crippen LogP contribution in [-0.4, -0.2) is 18.2 Å². The monoisotopic (exact) mass is 338 g/mol. The first kappa shape index (κ1) is 15.0. The minimum atomic E-state index is 0.213. The number of fused-ring (bicyclic) bond motifs is 1. The maximum atomic E-state index is 5.65. The van der Waals surface area contributed by atoms with Crippen molar-refractivity contribution >= 4 is 16.5 Å². The van der Waals surface area contributed by atoms with Gasteiger partial charge in [0.05, 0.1) is 11.7 Å². The zero-order valence-corrected chi connectivity index (χ0v) is 14.2. The van der Waals surface area contributed by atoms with Gasteiger partial charge in [-0.25, -0.2) is 4.98 Å². The molecule has 1 aliphatic heterocycles. The number of benzene rings is 2. The van der Waals surface area contributed by atoms with Crippen molar-refractivity contribution in [2.45, 2.75) is 13.0 Å². The van der Waals surface area contributed by atoms with Crippen LogP contribution in [0.3, 0.4) is 0 Å². The molecule has 0 bridgehead atoms. The summed E-state index contributed by atoms with van der Waals surface area (Å²) in [6.45, 7) is 3.34. The first-order valence-electron chi connectivity index (χ1n) is 7.96. The highest BCUT2D eigenvalue weighted by Gasteiger charge is 2.14. The minimum Gasteiger partial charge on any atom is -0.486 e. The van der Waals surface area contributed by atoms with Crippen molar-refractivity contribution in [3.05, 3.63) is 59.5 Å². The highest BCUT2D eigenvalue weighted by atomic mass is 32.1. The average molecular weight is 338 g/mol. The molecule has 3 aromatic rings. The summed E-state index contributed by atoms with van der Waals surface area (Å²) in [5, 5.41) is 6.44. The normalized spacial score (nSPS) is 14.2. The van der Waals surface area contributed by atoms with E-state index in [9.17, 15) is 0 Å². The lowest BCUT2D eigenvalue weighted by atomic mass is 10.1. The maximum absolute atomic E-state index is 5.65. The number of hydrogen-bond acceptors (Lipinski definition) is 5. The Labute approximate surface area is 145 Å². The van der Waals surface area contributed by atoms with Crippen molar-refractivity contribution in [2.75, 3.05) is 18.5 Å². The van der Waals surface area contributed by atoms with E-state index in [1.807, 2.05) is 24.3 Å². The second-order valence-electron chi connectivity index (χ2n) is 5.67.